The molecular weight excluding hydrogens is 299 g/mol. The van der Waals surface area contributed by atoms with Gasteiger partial charge in [0.2, 0.25) is 0 Å². The molecule has 0 atom stereocenters. The minimum Gasteiger partial charge on any atom is -0.399 e. The third-order valence-corrected chi connectivity index (χ3v) is 5.40. The van der Waals surface area contributed by atoms with Gasteiger partial charge in [-0.2, -0.15) is 0 Å². The van der Waals surface area contributed by atoms with Gasteiger partial charge in [0.15, 0.2) is 0 Å². The summed E-state index contributed by atoms with van der Waals surface area (Å²) in [6, 6.07) is 7.19. The van der Waals surface area contributed by atoms with Crippen LogP contribution < -0.4 is 5.73 Å². The number of rotatable bonds is 4. The first kappa shape index (κ1) is 15.5. The average molecular weight is 324 g/mol. The van der Waals surface area contributed by atoms with Crippen molar-refractivity contribution in [1.29, 1.82) is 0 Å². The molecular formula is C21H25FN2. The first-order valence-corrected chi connectivity index (χ1v) is 9.15. The van der Waals surface area contributed by atoms with Crippen LogP contribution in [0.4, 0.5) is 4.39 Å². The summed E-state index contributed by atoms with van der Waals surface area (Å²) in [5.74, 6) is 0.554. The molecule has 0 saturated heterocycles. The van der Waals surface area contributed by atoms with Gasteiger partial charge in [0.05, 0.1) is 0 Å². The number of hydrogen-bond acceptors (Lipinski definition) is 1. The highest BCUT2D eigenvalue weighted by Crippen LogP contribution is 2.31. The highest BCUT2D eigenvalue weighted by molar-refractivity contribution is 5.84. The van der Waals surface area contributed by atoms with Crippen LogP contribution >= 0.6 is 0 Å². The topological polar surface area (TPSA) is 30.9 Å². The molecule has 2 aliphatic rings. The largest absolute Gasteiger partial charge is 0.399 e. The van der Waals surface area contributed by atoms with Crippen molar-refractivity contribution >= 4 is 17.0 Å². The van der Waals surface area contributed by atoms with Crippen LogP contribution in [0, 0.1) is 11.7 Å². The number of nitrogens with zero attached hydrogens (tertiary/aromatic N) is 1. The Bertz CT molecular complexity index is 801. The zero-order chi connectivity index (χ0) is 16.5. The van der Waals surface area contributed by atoms with Gasteiger partial charge in [-0.05, 0) is 73.6 Å². The van der Waals surface area contributed by atoms with Crippen molar-refractivity contribution in [2.24, 2.45) is 11.7 Å². The summed E-state index contributed by atoms with van der Waals surface area (Å²) in [6.45, 7) is 1.02. The van der Waals surface area contributed by atoms with E-state index in [9.17, 15) is 4.39 Å². The van der Waals surface area contributed by atoms with Gasteiger partial charge in [0.25, 0.3) is 0 Å². The lowest BCUT2D eigenvalue weighted by atomic mass is 9.89. The first-order valence-electron chi connectivity index (χ1n) is 9.15. The van der Waals surface area contributed by atoms with E-state index >= 15 is 0 Å². The second-order valence-corrected chi connectivity index (χ2v) is 7.28. The van der Waals surface area contributed by atoms with Crippen molar-refractivity contribution in [3.05, 3.63) is 53.1 Å². The molecule has 2 saturated carbocycles. The van der Waals surface area contributed by atoms with Crippen molar-refractivity contribution in [2.75, 3.05) is 0 Å². The molecule has 1 heterocycles. The van der Waals surface area contributed by atoms with Gasteiger partial charge in [-0.15, -0.1) is 0 Å². The molecule has 24 heavy (non-hydrogen) atoms. The molecule has 3 heteroatoms. The fraction of sp³-hybridized carbons (Fsp3) is 0.429. The van der Waals surface area contributed by atoms with Crippen molar-refractivity contribution in [3.63, 3.8) is 0 Å². The fourth-order valence-corrected chi connectivity index (χ4v) is 3.88. The molecule has 0 unspecified atom stereocenters. The summed E-state index contributed by atoms with van der Waals surface area (Å²) in [5, 5.41) is 0.975. The number of fused-ring (bicyclic) bond motifs is 1. The quantitative estimate of drug-likeness (QED) is 0.804. The summed E-state index contributed by atoms with van der Waals surface area (Å²) < 4.78 is 16.0. The summed E-state index contributed by atoms with van der Waals surface area (Å²) in [4.78, 5) is 0. The van der Waals surface area contributed by atoms with E-state index in [1.54, 1.807) is 12.1 Å². The third kappa shape index (κ3) is 3.26. The van der Waals surface area contributed by atoms with E-state index in [1.165, 1.54) is 37.7 Å². The normalized spacial score (nSPS) is 18.6. The van der Waals surface area contributed by atoms with Crippen LogP contribution in [0.1, 0.15) is 50.6 Å². The smallest absolute Gasteiger partial charge is 0.123 e. The van der Waals surface area contributed by atoms with Gasteiger partial charge in [0.1, 0.15) is 5.82 Å². The number of halogens is 1. The predicted octanol–water partition coefficient (Wildman–Crippen LogP) is 5.38. The Balaban J connectivity index is 1.70. The van der Waals surface area contributed by atoms with Gasteiger partial charge in [-0.3, -0.25) is 0 Å². The maximum absolute atomic E-state index is 13.6. The second-order valence-electron chi connectivity index (χ2n) is 7.28. The maximum atomic E-state index is 13.6. The number of aromatic nitrogens is 1. The van der Waals surface area contributed by atoms with Gasteiger partial charge < -0.3 is 10.3 Å². The lowest BCUT2D eigenvalue weighted by molar-refractivity contribution is 0.322. The van der Waals surface area contributed by atoms with E-state index in [2.05, 4.69) is 16.7 Å². The van der Waals surface area contributed by atoms with Gasteiger partial charge in [-0.25, -0.2) is 4.39 Å². The molecule has 2 aliphatic carbocycles. The zero-order valence-corrected chi connectivity index (χ0v) is 14.1. The molecule has 1 aromatic carbocycles. The van der Waals surface area contributed by atoms with Crippen LogP contribution in [-0.2, 0) is 6.54 Å². The Morgan fingerprint density at radius 2 is 1.96 bits per heavy atom. The zero-order valence-electron chi connectivity index (χ0n) is 14.1. The Morgan fingerprint density at radius 1 is 1.17 bits per heavy atom. The van der Waals surface area contributed by atoms with Crippen LogP contribution in [0.3, 0.4) is 0 Å². The summed E-state index contributed by atoms with van der Waals surface area (Å²) in [5.41, 5.74) is 10.6. The monoisotopic (exact) mass is 324 g/mol. The first-order chi connectivity index (χ1) is 11.7. The van der Waals surface area contributed by atoms with Crippen LogP contribution in [0.25, 0.3) is 17.0 Å². The summed E-state index contributed by atoms with van der Waals surface area (Å²) in [7, 11) is 0. The van der Waals surface area contributed by atoms with Crippen molar-refractivity contribution in [3.8, 4) is 0 Å². The van der Waals surface area contributed by atoms with Crippen molar-refractivity contribution in [1.82, 2.24) is 4.57 Å². The summed E-state index contributed by atoms with van der Waals surface area (Å²) in [6.07, 6.45) is 13.0. The van der Waals surface area contributed by atoms with E-state index in [0.717, 1.165) is 47.6 Å². The molecule has 0 amide bonds. The van der Waals surface area contributed by atoms with Gasteiger partial charge in [0, 0.05) is 28.8 Å². The van der Waals surface area contributed by atoms with E-state index in [0.29, 0.717) is 0 Å². The van der Waals surface area contributed by atoms with Crippen molar-refractivity contribution in [2.45, 2.75) is 51.5 Å². The molecule has 0 aliphatic heterocycles. The van der Waals surface area contributed by atoms with E-state index in [1.807, 2.05) is 12.1 Å². The Morgan fingerprint density at radius 3 is 2.71 bits per heavy atom. The minimum absolute atomic E-state index is 0.174. The average Bonchev–Trinajstić information content (AvgIpc) is 3.38. The van der Waals surface area contributed by atoms with E-state index in [-0.39, 0.29) is 5.82 Å². The molecule has 2 aromatic rings. The maximum Gasteiger partial charge on any atom is 0.123 e. The molecule has 0 bridgehead atoms. The standard InChI is InChI=1S/C21H25FN2/c22-18-8-11-21-17(12-18)13-19(9-10-20(23)16-6-7-16)24(21)14-15-4-2-1-3-5-15/h8-13,15H,1-7,14,23H2/b10-9+. The Kier molecular flexibility index (Phi) is 4.17. The van der Waals surface area contributed by atoms with Crippen molar-refractivity contribution < 1.29 is 4.39 Å². The molecule has 0 spiro atoms. The molecule has 0 radical (unpaired) electrons. The van der Waals surface area contributed by atoms with Gasteiger partial charge >= 0.3 is 0 Å². The second kappa shape index (κ2) is 6.46. The highest BCUT2D eigenvalue weighted by Gasteiger charge is 2.17. The Hall–Kier alpha value is -2.03. The van der Waals surface area contributed by atoms with Crippen LogP contribution in [-0.4, -0.2) is 4.57 Å². The van der Waals surface area contributed by atoms with Crippen LogP contribution in [0.5, 0.6) is 0 Å². The molecule has 126 valence electrons. The number of allylic oxidation sites excluding steroid dienone is 2. The minimum atomic E-state index is -0.174. The van der Waals surface area contributed by atoms with Crippen LogP contribution in [0.2, 0.25) is 0 Å². The fourth-order valence-electron chi connectivity index (χ4n) is 3.88. The van der Waals surface area contributed by atoms with Crippen LogP contribution in [0.15, 0.2) is 41.6 Å². The number of nitrogens with two attached hydrogens (primary N) is 1. The Labute approximate surface area is 142 Å². The SMILES string of the molecule is NC(/C=C/c1cc2cc(F)ccc2n1CC1CCCCC1)=C1CC1. The molecule has 2 nitrogen and oxygen atoms in total. The summed E-state index contributed by atoms with van der Waals surface area (Å²) >= 11 is 0. The lowest BCUT2D eigenvalue weighted by Gasteiger charge is -2.23. The molecule has 1 aromatic heterocycles. The van der Waals surface area contributed by atoms with E-state index in [4.69, 9.17) is 5.73 Å². The predicted molar refractivity (Wildman–Crippen MR) is 98.0 cm³/mol. The highest BCUT2D eigenvalue weighted by atomic mass is 19.1. The molecule has 4 rings (SSSR count). The molecule has 2 N–H and O–H groups in total. The van der Waals surface area contributed by atoms with Gasteiger partial charge in [-0.1, -0.05) is 19.3 Å². The molecule has 2 fully saturated rings. The lowest BCUT2D eigenvalue weighted by Crippen LogP contribution is -2.14. The van der Waals surface area contributed by atoms with E-state index < -0.39 is 0 Å². The number of benzene rings is 1. The number of hydrogen-bond donors (Lipinski definition) is 1. The third-order valence-electron chi connectivity index (χ3n) is 5.40.